The molecule has 0 aromatic heterocycles. The Balaban J connectivity index is 1.61. The second kappa shape index (κ2) is 11.3. The maximum Gasteiger partial charge on any atom is 0.336 e. The van der Waals surface area contributed by atoms with Crippen LogP contribution in [0.25, 0.3) is 5.70 Å². The molecule has 39 heavy (non-hydrogen) atoms. The van der Waals surface area contributed by atoms with Gasteiger partial charge in [-0.15, -0.1) is 0 Å². The molecule has 0 radical (unpaired) electrons. The van der Waals surface area contributed by atoms with Crippen molar-refractivity contribution in [3.63, 3.8) is 0 Å². The number of ketones is 1. The fraction of sp³-hybridized carbons (Fsp3) is 0.250. The fourth-order valence-corrected chi connectivity index (χ4v) is 5.92. The number of halogens is 1. The van der Waals surface area contributed by atoms with E-state index >= 15 is 0 Å². The number of fused-ring (bicyclic) bond motifs is 2. The molecule has 7 heteroatoms. The van der Waals surface area contributed by atoms with Gasteiger partial charge in [-0.1, -0.05) is 54.1 Å². The van der Waals surface area contributed by atoms with Gasteiger partial charge in [0, 0.05) is 28.3 Å². The van der Waals surface area contributed by atoms with E-state index in [-0.39, 0.29) is 12.4 Å². The van der Waals surface area contributed by atoms with Gasteiger partial charge in [0.25, 0.3) is 0 Å². The highest BCUT2D eigenvalue weighted by molar-refractivity contribution is 14.1. The van der Waals surface area contributed by atoms with Crippen LogP contribution in [-0.2, 0) is 16.1 Å². The van der Waals surface area contributed by atoms with Gasteiger partial charge in [-0.3, -0.25) is 4.79 Å². The number of nitrogens with one attached hydrogen (secondary N) is 1. The first-order valence-electron chi connectivity index (χ1n) is 13.0. The number of carbonyl (C=O) groups excluding carboxylic acids is 2. The lowest BCUT2D eigenvalue weighted by atomic mass is 9.79. The largest absolute Gasteiger partial charge is 0.490 e. The van der Waals surface area contributed by atoms with Crippen molar-refractivity contribution in [2.24, 2.45) is 0 Å². The Labute approximate surface area is 242 Å². The van der Waals surface area contributed by atoms with Crippen LogP contribution in [-0.4, -0.2) is 25.0 Å². The molecule has 1 N–H and O–H groups in total. The molecule has 1 heterocycles. The van der Waals surface area contributed by atoms with Gasteiger partial charge in [0.15, 0.2) is 17.3 Å². The van der Waals surface area contributed by atoms with Crippen molar-refractivity contribution in [2.75, 3.05) is 13.2 Å². The first-order valence-corrected chi connectivity index (χ1v) is 14.1. The molecule has 3 aromatic carbocycles. The van der Waals surface area contributed by atoms with Gasteiger partial charge in [-0.05, 0) is 73.5 Å². The van der Waals surface area contributed by atoms with Crippen LogP contribution in [0.2, 0.25) is 0 Å². The average molecular weight is 635 g/mol. The molecule has 5 rings (SSSR count). The summed E-state index contributed by atoms with van der Waals surface area (Å²) in [6, 6.07) is 19.6. The van der Waals surface area contributed by atoms with Gasteiger partial charge in [0.2, 0.25) is 0 Å². The highest BCUT2D eigenvalue weighted by Gasteiger charge is 2.43. The Morgan fingerprint density at radius 1 is 0.949 bits per heavy atom. The molecular weight excluding hydrogens is 605 g/mol. The molecule has 0 saturated heterocycles. The molecule has 0 amide bonds. The Hall–Kier alpha value is -3.59. The summed E-state index contributed by atoms with van der Waals surface area (Å²) < 4.78 is 18.6. The van der Waals surface area contributed by atoms with Crippen LogP contribution >= 0.6 is 22.6 Å². The number of ether oxygens (including phenoxy) is 3. The first-order chi connectivity index (χ1) is 18.8. The molecule has 0 bridgehead atoms. The molecule has 6 nitrogen and oxygen atoms in total. The molecule has 200 valence electrons. The van der Waals surface area contributed by atoms with E-state index in [1.165, 1.54) is 5.56 Å². The van der Waals surface area contributed by atoms with Crippen molar-refractivity contribution in [1.29, 1.82) is 0 Å². The number of dihydropyridines is 1. The van der Waals surface area contributed by atoms with Crippen molar-refractivity contribution in [3.05, 3.63) is 109 Å². The number of aryl methyl sites for hydroxylation is 1. The second-order valence-corrected chi connectivity index (χ2v) is 10.7. The number of hydrogen-bond acceptors (Lipinski definition) is 6. The second-order valence-electron chi connectivity index (χ2n) is 9.52. The molecule has 3 aromatic rings. The topological polar surface area (TPSA) is 73.9 Å². The number of Topliss-reactive ketones (excluding diaryl/α,β-unsaturated/α-hetero) is 1. The Morgan fingerprint density at radius 2 is 1.67 bits per heavy atom. The summed E-state index contributed by atoms with van der Waals surface area (Å²) in [7, 11) is 0. The Kier molecular flexibility index (Phi) is 7.79. The van der Waals surface area contributed by atoms with Crippen LogP contribution in [0.5, 0.6) is 11.5 Å². The Bertz CT molecular complexity index is 1520. The average Bonchev–Trinajstić information content (AvgIpc) is 3.20. The minimum Gasteiger partial charge on any atom is -0.490 e. The quantitative estimate of drug-likeness (QED) is 0.219. The summed E-state index contributed by atoms with van der Waals surface area (Å²) in [5.41, 5.74) is 6.82. The lowest BCUT2D eigenvalue weighted by Gasteiger charge is -2.30. The summed E-state index contributed by atoms with van der Waals surface area (Å²) in [6.07, 6.45) is 0. The standard InChI is InChI=1S/C32H30INO5/c1-5-37-25-16-21(15-24(33)31(25)39-17-20-13-11-18(3)12-14-20)27-26(32(36)38-6-2)19(4)34-29-22-9-7-8-10-23(22)30(35)28(27)29/h7-16,27,34H,5-6,17H2,1-4H3/t27-/m1/s1. The lowest BCUT2D eigenvalue weighted by Crippen LogP contribution is -2.29. The third-order valence-electron chi connectivity index (χ3n) is 6.91. The maximum atomic E-state index is 13.8. The number of carbonyl (C=O) groups is 2. The van der Waals surface area contributed by atoms with Crippen LogP contribution in [0.3, 0.4) is 0 Å². The molecule has 1 aliphatic heterocycles. The van der Waals surface area contributed by atoms with Crippen LogP contribution < -0.4 is 14.8 Å². The molecule has 2 aliphatic rings. The number of allylic oxidation sites excluding steroid dienone is 2. The molecule has 0 fully saturated rings. The van der Waals surface area contributed by atoms with Gasteiger partial charge in [-0.2, -0.15) is 0 Å². The van der Waals surface area contributed by atoms with E-state index in [1.807, 2.05) is 62.4 Å². The summed E-state index contributed by atoms with van der Waals surface area (Å²) in [4.78, 5) is 27.1. The minimum absolute atomic E-state index is 0.0972. The van der Waals surface area contributed by atoms with Gasteiger partial charge in [0.1, 0.15) is 6.61 Å². The zero-order valence-corrected chi connectivity index (χ0v) is 24.5. The van der Waals surface area contributed by atoms with Gasteiger partial charge < -0.3 is 19.5 Å². The third-order valence-corrected chi connectivity index (χ3v) is 7.71. The first kappa shape index (κ1) is 27.0. The summed E-state index contributed by atoms with van der Waals surface area (Å²) in [5, 5.41) is 3.34. The van der Waals surface area contributed by atoms with E-state index in [0.29, 0.717) is 47.1 Å². The van der Waals surface area contributed by atoms with Crippen molar-refractivity contribution < 1.29 is 23.8 Å². The third kappa shape index (κ3) is 5.07. The van der Waals surface area contributed by atoms with Crippen molar-refractivity contribution in [1.82, 2.24) is 5.32 Å². The lowest BCUT2D eigenvalue weighted by molar-refractivity contribution is -0.138. The van der Waals surface area contributed by atoms with E-state index in [0.717, 1.165) is 26.0 Å². The van der Waals surface area contributed by atoms with E-state index < -0.39 is 11.9 Å². The van der Waals surface area contributed by atoms with E-state index in [2.05, 4.69) is 47.0 Å². The number of esters is 1. The summed E-state index contributed by atoms with van der Waals surface area (Å²) >= 11 is 2.23. The van der Waals surface area contributed by atoms with Crippen LogP contribution in [0, 0.1) is 10.5 Å². The smallest absolute Gasteiger partial charge is 0.336 e. The van der Waals surface area contributed by atoms with E-state index in [1.54, 1.807) is 6.92 Å². The van der Waals surface area contributed by atoms with Gasteiger partial charge in [0.05, 0.1) is 28.1 Å². The molecule has 0 spiro atoms. The highest BCUT2D eigenvalue weighted by Crippen LogP contribution is 2.48. The summed E-state index contributed by atoms with van der Waals surface area (Å²) in [5.74, 6) is 0.0231. The SMILES string of the molecule is CCOC(=O)C1=C(C)NC2=C(C(=O)c3ccccc32)[C@@H]1c1cc(I)c(OCc2ccc(C)cc2)c(OCC)c1. The fourth-order valence-electron chi connectivity index (χ4n) is 5.14. The molecular formula is C32H30INO5. The number of rotatable bonds is 8. The van der Waals surface area contributed by atoms with Crippen molar-refractivity contribution >= 4 is 40.0 Å². The normalized spacial score (nSPS) is 16.0. The van der Waals surface area contributed by atoms with Gasteiger partial charge >= 0.3 is 5.97 Å². The minimum atomic E-state index is -0.626. The Morgan fingerprint density at radius 3 is 2.36 bits per heavy atom. The zero-order valence-electron chi connectivity index (χ0n) is 22.4. The highest BCUT2D eigenvalue weighted by atomic mass is 127. The molecule has 0 saturated carbocycles. The predicted octanol–water partition coefficient (Wildman–Crippen LogP) is 6.71. The molecule has 1 atom stereocenters. The predicted molar refractivity (Wildman–Crippen MR) is 159 cm³/mol. The maximum absolute atomic E-state index is 13.8. The number of hydrogen-bond donors (Lipinski definition) is 1. The van der Waals surface area contributed by atoms with Crippen LogP contribution in [0.4, 0.5) is 0 Å². The zero-order chi connectivity index (χ0) is 27.7. The van der Waals surface area contributed by atoms with E-state index in [4.69, 9.17) is 14.2 Å². The van der Waals surface area contributed by atoms with Crippen molar-refractivity contribution in [2.45, 2.75) is 40.2 Å². The van der Waals surface area contributed by atoms with Crippen molar-refractivity contribution in [3.8, 4) is 11.5 Å². The number of benzene rings is 3. The molecule has 1 aliphatic carbocycles. The van der Waals surface area contributed by atoms with Crippen LogP contribution in [0.1, 0.15) is 59.3 Å². The van der Waals surface area contributed by atoms with Crippen LogP contribution in [0.15, 0.2) is 77.5 Å². The van der Waals surface area contributed by atoms with E-state index in [9.17, 15) is 9.59 Å². The van der Waals surface area contributed by atoms with Gasteiger partial charge in [-0.25, -0.2) is 4.79 Å². The monoisotopic (exact) mass is 635 g/mol. The summed E-state index contributed by atoms with van der Waals surface area (Å²) in [6.45, 7) is 8.65. The molecule has 0 unspecified atom stereocenters.